The first-order valence-electron chi connectivity index (χ1n) is 7.20. The van der Waals surface area contributed by atoms with Crippen LogP contribution < -0.4 is 10.1 Å². The summed E-state index contributed by atoms with van der Waals surface area (Å²) in [4.78, 5) is 0. The molecule has 1 unspecified atom stereocenters. The average Bonchev–Trinajstić information content (AvgIpc) is 2.86. The third kappa shape index (κ3) is 3.08. The Morgan fingerprint density at radius 1 is 1.38 bits per heavy atom. The van der Waals surface area contributed by atoms with Gasteiger partial charge in [-0.3, -0.25) is 4.68 Å². The van der Waals surface area contributed by atoms with Crippen LogP contribution in [0.25, 0.3) is 0 Å². The van der Waals surface area contributed by atoms with Gasteiger partial charge in [-0.15, -0.1) is 0 Å². The Hall–Kier alpha value is -1.88. The minimum atomic E-state index is -0.329. The van der Waals surface area contributed by atoms with E-state index in [-0.39, 0.29) is 17.6 Å². The van der Waals surface area contributed by atoms with E-state index in [0.29, 0.717) is 5.56 Å². The molecule has 1 aromatic heterocycles. The topological polar surface area (TPSA) is 39.1 Å². The number of benzene rings is 1. The first-order valence-corrected chi connectivity index (χ1v) is 7.20. The van der Waals surface area contributed by atoms with E-state index in [2.05, 4.69) is 17.3 Å². The van der Waals surface area contributed by atoms with E-state index in [4.69, 9.17) is 4.74 Å². The van der Waals surface area contributed by atoms with Crippen molar-refractivity contribution in [3.63, 3.8) is 0 Å². The van der Waals surface area contributed by atoms with Crippen LogP contribution in [-0.4, -0.2) is 23.4 Å². The SMILES string of the molecule is CCNC(c1cccc(OC)c1F)c1cc(CC)nn1C. The molecule has 1 N–H and O–H groups in total. The molecule has 5 heteroatoms. The fourth-order valence-corrected chi connectivity index (χ4v) is 2.47. The van der Waals surface area contributed by atoms with Crippen LogP contribution in [0.1, 0.15) is 36.8 Å². The van der Waals surface area contributed by atoms with Crippen LogP contribution in [-0.2, 0) is 13.5 Å². The van der Waals surface area contributed by atoms with E-state index in [0.717, 1.165) is 24.4 Å². The first kappa shape index (κ1) is 15.5. The van der Waals surface area contributed by atoms with Crippen LogP contribution in [0.2, 0.25) is 0 Å². The number of hydrogen-bond acceptors (Lipinski definition) is 3. The predicted molar refractivity (Wildman–Crippen MR) is 81.1 cm³/mol. The molecule has 0 aliphatic carbocycles. The molecule has 4 nitrogen and oxygen atoms in total. The lowest BCUT2D eigenvalue weighted by Gasteiger charge is -2.20. The standard InChI is InChI=1S/C16H22FN3O/c1-5-11-10-13(20(3)19-11)16(18-6-2)12-8-7-9-14(21-4)15(12)17/h7-10,16,18H,5-6H2,1-4H3. The van der Waals surface area contributed by atoms with E-state index in [1.165, 1.54) is 7.11 Å². The lowest BCUT2D eigenvalue weighted by Crippen LogP contribution is -2.25. The Kier molecular flexibility index (Phi) is 4.96. The number of hydrogen-bond donors (Lipinski definition) is 1. The zero-order valence-electron chi connectivity index (χ0n) is 13.0. The molecule has 0 amide bonds. The second-order valence-corrected chi connectivity index (χ2v) is 4.89. The smallest absolute Gasteiger partial charge is 0.170 e. The molecule has 0 radical (unpaired) electrons. The molecular formula is C16H22FN3O. The van der Waals surface area contributed by atoms with E-state index in [9.17, 15) is 4.39 Å². The van der Waals surface area contributed by atoms with Crippen molar-refractivity contribution in [1.82, 2.24) is 15.1 Å². The molecule has 0 bridgehead atoms. The molecule has 2 rings (SSSR count). The summed E-state index contributed by atoms with van der Waals surface area (Å²) >= 11 is 0. The van der Waals surface area contributed by atoms with Crippen molar-refractivity contribution in [2.45, 2.75) is 26.3 Å². The third-order valence-electron chi connectivity index (χ3n) is 3.56. The van der Waals surface area contributed by atoms with Gasteiger partial charge in [0.15, 0.2) is 11.6 Å². The fourth-order valence-electron chi connectivity index (χ4n) is 2.47. The van der Waals surface area contributed by atoms with E-state index in [1.807, 2.05) is 24.7 Å². The van der Waals surface area contributed by atoms with Crippen LogP contribution in [0.3, 0.4) is 0 Å². The van der Waals surface area contributed by atoms with Gasteiger partial charge >= 0.3 is 0 Å². The highest BCUT2D eigenvalue weighted by atomic mass is 19.1. The van der Waals surface area contributed by atoms with Gasteiger partial charge in [0, 0.05) is 12.6 Å². The monoisotopic (exact) mass is 291 g/mol. The van der Waals surface area contributed by atoms with Crippen molar-refractivity contribution in [1.29, 1.82) is 0 Å². The maximum atomic E-state index is 14.6. The van der Waals surface area contributed by atoms with Gasteiger partial charge in [-0.25, -0.2) is 4.39 Å². The second kappa shape index (κ2) is 6.72. The third-order valence-corrected chi connectivity index (χ3v) is 3.56. The van der Waals surface area contributed by atoms with Crippen molar-refractivity contribution >= 4 is 0 Å². The van der Waals surface area contributed by atoms with Crippen LogP contribution in [0.4, 0.5) is 4.39 Å². The van der Waals surface area contributed by atoms with Crippen molar-refractivity contribution in [2.75, 3.05) is 13.7 Å². The van der Waals surface area contributed by atoms with Gasteiger partial charge in [0.05, 0.1) is 24.5 Å². The average molecular weight is 291 g/mol. The summed E-state index contributed by atoms with van der Waals surface area (Å²) in [7, 11) is 3.36. The molecule has 114 valence electrons. The molecular weight excluding hydrogens is 269 g/mol. The highest BCUT2D eigenvalue weighted by Crippen LogP contribution is 2.29. The van der Waals surface area contributed by atoms with Gasteiger partial charge in [0.25, 0.3) is 0 Å². The van der Waals surface area contributed by atoms with Gasteiger partial charge in [-0.1, -0.05) is 26.0 Å². The first-order chi connectivity index (χ1) is 10.1. The summed E-state index contributed by atoms with van der Waals surface area (Å²) in [6.07, 6.45) is 0.854. The molecule has 0 aliphatic rings. The van der Waals surface area contributed by atoms with Gasteiger partial charge in [0.1, 0.15) is 0 Å². The quantitative estimate of drug-likeness (QED) is 0.889. The number of halogens is 1. The largest absolute Gasteiger partial charge is 0.494 e. The number of rotatable bonds is 6. The predicted octanol–water partition coefficient (Wildman–Crippen LogP) is 2.83. The van der Waals surface area contributed by atoms with E-state index in [1.54, 1.807) is 18.2 Å². The van der Waals surface area contributed by atoms with Crippen molar-refractivity contribution in [3.05, 3.63) is 47.0 Å². The summed E-state index contributed by atoms with van der Waals surface area (Å²) in [5.74, 6) is -0.0708. The molecule has 0 spiro atoms. The number of methoxy groups -OCH3 is 1. The molecule has 0 aliphatic heterocycles. The van der Waals surface area contributed by atoms with Crippen molar-refractivity contribution in [2.24, 2.45) is 7.05 Å². The lowest BCUT2D eigenvalue weighted by molar-refractivity contribution is 0.381. The summed E-state index contributed by atoms with van der Waals surface area (Å²) in [6.45, 7) is 4.79. The Labute approximate surface area is 124 Å². The minimum absolute atomic E-state index is 0.247. The fraction of sp³-hybridized carbons (Fsp3) is 0.438. The Morgan fingerprint density at radius 2 is 2.14 bits per heavy atom. The van der Waals surface area contributed by atoms with Crippen LogP contribution >= 0.6 is 0 Å². The van der Waals surface area contributed by atoms with Crippen molar-refractivity contribution in [3.8, 4) is 5.75 Å². The summed E-state index contributed by atoms with van der Waals surface area (Å²) in [5, 5.41) is 7.78. The van der Waals surface area contributed by atoms with Gasteiger partial charge in [0.2, 0.25) is 0 Å². The van der Waals surface area contributed by atoms with E-state index >= 15 is 0 Å². The van der Waals surface area contributed by atoms with Crippen LogP contribution in [0.5, 0.6) is 5.75 Å². The minimum Gasteiger partial charge on any atom is -0.494 e. The van der Waals surface area contributed by atoms with Crippen LogP contribution in [0.15, 0.2) is 24.3 Å². The molecule has 0 saturated carbocycles. The number of nitrogens with one attached hydrogen (secondary N) is 1. The highest BCUT2D eigenvalue weighted by Gasteiger charge is 2.22. The molecule has 1 aromatic carbocycles. The molecule has 1 atom stereocenters. The van der Waals surface area contributed by atoms with Crippen molar-refractivity contribution < 1.29 is 9.13 Å². The maximum absolute atomic E-state index is 14.6. The second-order valence-electron chi connectivity index (χ2n) is 4.89. The van der Waals surface area contributed by atoms with Crippen LogP contribution in [0, 0.1) is 5.82 Å². The molecule has 2 aromatic rings. The van der Waals surface area contributed by atoms with E-state index < -0.39 is 0 Å². The van der Waals surface area contributed by atoms with Gasteiger partial charge in [-0.2, -0.15) is 5.10 Å². The summed E-state index contributed by atoms with van der Waals surface area (Å²) in [5.41, 5.74) is 2.52. The molecule has 0 saturated heterocycles. The molecule has 0 fully saturated rings. The zero-order valence-corrected chi connectivity index (χ0v) is 13.0. The number of ether oxygens (including phenoxy) is 1. The molecule has 21 heavy (non-hydrogen) atoms. The Balaban J connectivity index is 2.50. The number of aryl methyl sites for hydroxylation is 2. The zero-order chi connectivity index (χ0) is 15.4. The number of nitrogens with zero attached hydrogens (tertiary/aromatic N) is 2. The summed E-state index contributed by atoms with van der Waals surface area (Å²) < 4.78 is 21.4. The summed E-state index contributed by atoms with van der Waals surface area (Å²) in [6, 6.07) is 6.99. The van der Waals surface area contributed by atoms with Gasteiger partial charge in [-0.05, 0) is 25.1 Å². The normalized spacial score (nSPS) is 12.4. The number of aromatic nitrogens is 2. The van der Waals surface area contributed by atoms with Gasteiger partial charge < -0.3 is 10.1 Å². The lowest BCUT2D eigenvalue weighted by atomic mass is 10.0. The highest BCUT2D eigenvalue weighted by molar-refractivity contribution is 5.37. The maximum Gasteiger partial charge on any atom is 0.170 e. The Bertz CT molecular complexity index is 610. The Morgan fingerprint density at radius 3 is 2.71 bits per heavy atom. The molecule has 1 heterocycles.